The molecule has 1 saturated carbocycles. The average molecular weight is 286 g/mol. The van der Waals surface area contributed by atoms with Gasteiger partial charge < -0.3 is 10.2 Å². The fourth-order valence-corrected chi connectivity index (χ4v) is 2.57. The quantitative estimate of drug-likeness (QED) is 0.611. The Bertz CT molecular complexity index is 345. The molecule has 98 valence electrons. The predicted octanol–water partition coefficient (Wildman–Crippen LogP) is 1.93. The van der Waals surface area contributed by atoms with Gasteiger partial charge in [0, 0.05) is 59.1 Å². The van der Waals surface area contributed by atoms with Crippen LogP contribution in [-0.4, -0.2) is 81.3 Å². The van der Waals surface area contributed by atoms with E-state index < -0.39 is 11.9 Å². The van der Waals surface area contributed by atoms with Crippen LogP contribution < -0.4 is 0 Å². The fourth-order valence-electron chi connectivity index (χ4n) is 2.57. The molecule has 19 heavy (non-hydrogen) atoms. The van der Waals surface area contributed by atoms with E-state index in [1.165, 1.54) is 0 Å². The van der Waals surface area contributed by atoms with Gasteiger partial charge in [0.05, 0.1) is 11.1 Å². The summed E-state index contributed by atoms with van der Waals surface area (Å²) in [6, 6.07) is 0. The first-order valence-electron chi connectivity index (χ1n) is 6.15. The molecule has 0 heterocycles. The maximum atomic E-state index is 11.3. The monoisotopic (exact) mass is 286 g/mol. The number of hydrogen-bond donors (Lipinski definition) is 2. The van der Waals surface area contributed by atoms with Crippen LogP contribution in [0, 0.1) is 11.8 Å². The minimum absolute atomic E-state index is 0. The van der Waals surface area contributed by atoms with E-state index in [1.54, 1.807) is 13.8 Å². The molecule has 1 aliphatic carbocycles. The van der Waals surface area contributed by atoms with Crippen molar-refractivity contribution in [2.24, 2.45) is 11.8 Å². The van der Waals surface area contributed by atoms with Gasteiger partial charge in [0.25, 0.3) is 0 Å². The standard InChI is InChI=1S/C13H20O4.2Na/c1-8(2)10(12(14)15)11(13(16)17)9-6-4-3-5-7-9;;/h8-9H,3-7H2,1-2H3,(H,14,15)(H,16,17);;/b11-10-;;. The predicted molar refractivity (Wildman–Crippen MR) is 75.2 cm³/mol. The van der Waals surface area contributed by atoms with Gasteiger partial charge in [0.15, 0.2) is 0 Å². The van der Waals surface area contributed by atoms with E-state index in [2.05, 4.69) is 0 Å². The van der Waals surface area contributed by atoms with Gasteiger partial charge in [-0.2, -0.15) is 0 Å². The summed E-state index contributed by atoms with van der Waals surface area (Å²) in [5.74, 6) is -2.51. The van der Waals surface area contributed by atoms with Gasteiger partial charge in [-0.05, 0) is 24.7 Å². The van der Waals surface area contributed by atoms with Crippen molar-refractivity contribution in [1.29, 1.82) is 0 Å². The first kappa shape index (κ1) is 22.0. The molecule has 0 spiro atoms. The maximum absolute atomic E-state index is 11.3. The summed E-state index contributed by atoms with van der Waals surface area (Å²) in [6.45, 7) is 3.46. The average Bonchev–Trinajstić information content (AvgIpc) is 2.25. The molecule has 2 N–H and O–H groups in total. The van der Waals surface area contributed by atoms with E-state index >= 15 is 0 Å². The van der Waals surface area contributed by atoms with Crippen LogP contribution >= 0.6 is 0 Å². The summed E-state index contributed by atoms with van der Waals surface area (Å²) in [5, 5.41) is 18.4. The minimum atomic E-state index is -1.09. The first-order chi connectivity index (χ1) is 7.95. The zero-order chi connectivity index (χ0) is 13.0. The van der Waals surface area contributed by atoms with Crippen LogP contribution in [0.2, 0.25) is 0 Å². The zero-order valence-electron chi connectivity index (χ0n) is 12.4. The number of carboxylic acid groups (broad SMARTS) is 2. The van der Waals surface area contributed by atoms with E-state index in [-0.39, 0.29) is 82.1 Å². The fraction of sp³-hybridized carbons (Fsp3) is 0.692. The Morgan fingerprint density at radius 2 is 1.42 bits per heavy atom. The topological polar surface area (TPSA) is 74.6 Å². The molecule has 1 fully saturated rings. The minimum Gasteiger partial charge on any atom is -0.478 e. The van der Waals surface area contributed by atoms with Crippen molar-refractivity contribution >= 4 is 71.1 Å². The van der Waals surface area contributed by atoms with Gasteiger partial charge >= 0.3 is 11.9 Å². The summed E-state index contributed by atoms with van der Waals surface area (Å²) in [7, 11) is 0. The van der Waals surface area contributed by atoms with Crippen LogP contribution in [0.3, 0.4) is 0 Å². The Labute approximate surface area is 158 Å². The molecule has 0 saturated heterocycles. The number of rotatable bonds is 4. The Hall–Kier alpha value is 0.680. The normalized spacial score (nSPS) is 17.0. The van der Waals surface area contributed by atoms with Gasteiger partial charge in [0.2, 0.25) is 0 Å². The molecule has 1 aliphatic rings. The van der Waals surface area contributed by atoms with Crippen molar-refractivity contribution in [1.82, 2.24) is 0 Å². The van der Waals surface area contributed by atoms with Gasteiger partial charge in [-0.25, -0.2) is 9.59 Å². The smallest absolute Gasteiger partial charge is 0.332 e. The van der Waals surface area contributed by atoms with Crippen molar-refractivity contribution in [3.63, 3.8) is 0 Å². The van der Waals surface area contributed by atoms with Crippen molar-refractivity contribution in [2.75, 3.05) is 0 Å². The molecule has 2 radical (unpaired) electrons. The zero-order valence-corrected chi connectivity index (χ0v) is 16.4. The molecular weight excluding hydrogens is 266 g/mol. The molecule has 0 amide bonds. The van der Waals surface area contributed by atoms with Crippen LogP contribution in [0.5, 0.6) is 0 Å². The molecule has 4 nitrogen and oxygen atoms in total. The van der Waals surface area contributed by atoms with E-state index in [9.17, 15) is 19.8 Å². The molecule has 0 unspecified atom stereocenters. The third kappa shape index (κ3) is 6.32. The van der Waals surface area contributed by atoms with Gasteiger partial charge in [-0.1, -0.05) is 33.1 Å². The Kier molecular flexibility index (Phi) is 12.0. The Morgan fingerprint density at radius 1 is 0.947 bits per heavy atom. The molecule has 0 aromatic carbocycles. The third-order valence-corrected chi connectivity index (χ3v) is 3.34. The van der Waals surface area contributed by atoms with Crippen LogP contribution in [0.1, 0.15) is 46.0 Å². The van der Waals surface area contributed by atoms with E-state index in [0.717, 1.165) is 32.1 Å². The molecule has 0 bridgehead atoms. The molecule has 0 aromatic heterocycles. The van der Waals surface area contributed by atoms with E-state index in [4.69, 9.17) is 0 Å². The second kappa shape index (κ2) is 10.4. The Morgan fingerprint density at radius 3 is 1.74 bits per heavy atom. The molecule has 1 rings (SSSR count). The summed E-state index contributed by atoms with van der Waals surface area (Å²) in [4.78, 5) is 22.5. The van der Waals surface area contributed by atoms with Crippen molar-refractivity contribution in [2.45, 2.75) is 46.0 Å². The van der Waals surface area contributed by atoms with Crippen molar-refractivity contribution in [3.8, 4) is 0 Å². The number of hydrogen-bond acceptors (Lipinski definition) is 2. The summed E-state index contributed by atoms with van der Waals surface area (Å²) < 4.78 is 0. The van der Waals surface area contributed by atoms with E-state index in [0.29, 0.717) is 0 Å². The van der Waals surface area contributed by atoms with E-state index in [1.807, 2.05) is 0 Å². The number of aliphatic carboxylic acids is 2. The molecule has 0 aliphatic heterocycles. The maximum Gasteiger partial charge on any atom is 0.332 e. The number of carboxylic acids is 2. The third-order valence-electron chi connectivity index (χ3n) is 3.34. The summed E-state index contributed by atoms with van der Waals surface area (Å²) in [5.41, 5.74) is 0.205. The molecule has 0 aromatic rings. The summed E-state index contributed by atoms with van der Waals surface area (Å²) >= 11 is 0. The molecular formula is C13H20Na2O4. The van der Waals surface area contributed by atoms with Crippen LogP contribution in [-0.2, 0) is 9.59 Å². The van der Waals surface area contributed by atoms with Crippen LogP contribution in [0.25, 0.3) is 0 Å². The first-order valence-corrected chi connectivity index (χ1v) is 6.15. The number of carbonyl (C=O) groups is 2. The second-order valence-electron chi connectivity index (χ2n) is 4.93. The van der Waals surface area contributed by atoms with Crippen molar-refractivity contribution < 1.29 is 19.8 Å². The van der Waals surface area contributed by atoms with Gasteiger partial charge in [-0.15, -0.1) is 0 Å². The van der Waals surface area contributed by atoms with Gasteiger partial charge in [0.1, 0.15) is 0 Å². The largest absolute Gasteiger partial charge is 0.478 e. The Balaban J connectivity index is 0. The second-order valence-corrected chi connectivity index (χ2v) is 4.93. The van der Waals surface area contributed by atoms with Gasteiger partial charge in [-0.3, -0.25) is 0 Å². The molecule has 0 atom stereocenters. The van der Waals surface area contributed by atoms with Crippen LogP contribution in [0.4, 0.5) is 0 Å². The van der Waals surface area contributed by atoms with Crippen LogP contribution in [0.15, 0.2) is 11.1 Å². The van der Waals surface area contributed by atoms with Crippen molar-refractivity contribution in [3.05, 3.63) is 11.1 Å². The SMILES string of the molecule is CC(C)/C(C(=O)O)=C(/C(=O)O)C1CCCCC1.[Na].[Na]. The summed E-state index contributed by atoms with van der Waals surface area (Å²) in [6.07, 6.45) is 4.70. The molecule has 6 heteroatoms.